The number of nitrogen functional groups attached to an aromatic ring is 1. The molecule has 1 aromatic rings. The van der Waals surface area contributed by atoms with Crippen LogP contribution in [0.4, 0.5) is 11.4 Å². The van der Waals surface area contributed by atoms with Crippen LogP contribution in [0.3, 0.4) is 0 Å². The maximum Gasteiger partial charge on any atom is 0.273 e. The summed E-state index contributed by atoms with van der Waals surface area (Å²) in [6.07, 6.45) is -0.381. The summed E-state index contributed by atoms with van der Waals surface area (Å²) < 4.78 is 33.0. The van der Waals surface area contributed by atoms with Gasteiger partial charge in [-0.25, -0.2) is 0 Å². The fourth-order valence-corrected chi connectivity index (χ4v) is 2.24. The molecule has 1 heterocycles. The number of hydrogen-bond acceptors (Lipinski definition) is 9. The number of benzene rings is 1. The molecule has 1 fully saturated rings. The van der Waals surface area contributed by atoms with E-state index >= 15 is 0 Å². The number of rotatable bonds is 4. The average molecular weight is 386 g/mol. The van der Waals surface area contributed by atoms with E-state index in [1.54, 1.807) is 0 Å². The molecule has 152 valence electrons. The summed E-state index contributed by atoms with van der Waals surface area (Å²) in [5, 5.41) is 10.9. The van der Waals surface area contributed by atoms with Crippen molar-refractivity contribution in [2.75, 3.05) is 71.8 Å². The molecule has 1 aliphatic rings. The molecular formula is C17H26N2O8. The van der Waals surface area contributed by atoms with Crippen molar-refractivity contribution in [2.45, 2.75) is 6.10 Å². The highest BCUT2D eigenvalue weighted by Crippen LogP contribution is 2.26. The zero-order valence-corrected chi connectivity index (χ0v) is 15.2. The van der Waals surface area contributed by atoms with Crippen molar-refractivity contribution < 1.29 is 33.3 Å². The van der Waals surface area contributed by atoms with E-state index in [-0.39, 0.29) is 30.8 Å². The number of nitrogens with two attached hydrogens (primary N) is 1. The van der Waals surface area contributed by atoms with Crippen LogP contribution in [-0.4, -0.2) is 77.1 Å². The van der Waals surface area contributed by atoms with Gasteiger partial charge in [0.1, 0.15) is 18.5 Å². The maximum atomic E-state index is 10.9. The highest BCUT2D eigenvalue weighted by atomic mass is 16.6. The molecule has 0 saturated carbocycles. The van der Waals surface area contributed by atoms with E-state index in [4.69, 9.17) is 34.2 Å². The van der Waals surface area contributed by atoms with Gasteiger partial charge in [0.2, 0.25) is 0 Å². The number of anilines is 1. The normalized spacial score (nSPS) is 21.0. The van der Waals surface area contributed by atoms with Crippen molar-refractivity contribution >= 4 is 11.4 Å². The van der Waals surface area contributed by atoms with E-state index in [2.05, 4.69) is 0 Å². The summed E-state index contributed by atoms with van der Waals surface area (Å²) in [7, 11) is 0. The third-order valence-electron chi connectivity index (χ3n) is 3.63. The monoisotopic (exact) mass is 386 g/mol. The lowest BCUT2D eigenvalue weighted by Crippen LogP contribution is -2.29. The van der Waals surface area contributed by atoms with E-state index in [0.29, 0.717) is 58.5 Å². The minimum atomic E-state index is -0.503. The van der Waals surface area contributed by atoms with E-state index < -0.39 is 4.92 Å². The largest absolute Gasteiger partial charge is 0.488 e. The predicted octanol–water partition coefficient (Wildman–Crippen LogP) is 1.02. The standard InChI is InChI=1S/C17H26N2O8/c18-16-2-1-14(19(20)21)11-17(16)27-13-15-12-25-8-7-23-4-3-22-5-6-24-9-10-26-15/h1-2,11,15H,3-10,12-13,18H2. The molecule has 0 amide bonds. The molecule has 0 bridgehead atoms. The average Bonchev–Trinajstić information content (AvgIpc) is 2.66. The summed E-state index contributed by atoms with van der Waals surface area (Å²) in [5.74, 6) is 0.237. The molecule has 1 aliphatic heterocycles. The van der Waals surface area contributed by atoms with Crippen LogP contribution in [0.5, 0.6) is 5.75 Å². The predicted molar refractivity (Wildman–Crippen MR) is 96.0 cm³/mol. The van der Waals surface area contributed by atoms with Gasteiger partial charge in [0.25, 0.3) is 5.69 Å². The zero-order chi connectivity index (χ0) is 19.3. The first kappa shape index (κ1) is 21.3. The second kappa shape index (κ2) is 12.4. The summed E-state index contributed by atoms with van der Waals surface area (Å²) in [6.45, 7) is 4.04. The number of ether oxygens (including phenoxy) is 6. The Morgan fingerprint density at radius 2 is 1.59 bits per heavy atom. The van der Waals surface area contributed by atoms with Crippen LogP contribution in [0.15, 0.2) is 18.2 Å². The molecule has 10 nitrogen and oxygen atoms in total. The van der Waals surface area contributed by atoms with Gasteiger partial charge in [-0.3, -0.25) is 10.1 Å². The van der Waals surface area contributed by atoms with Crippen molar-refractivity contribution in [1.82, 2.24) is 0 Å². The van der Waals surface area contributed by atoms with Crippen LogP contribution in [0.25, 0.3) is 0 Å². The Balaban J connectivity index is 1.86. The van der Waals surface area contributed by atoms with Crippen LogP contribution in [0.2, 0.25) is 0 Å². The van der Waals surface area contributed by atoms with Crippen molar-refractivity contribution in [3.8, 4) is 5.75 Å². The van der Waals surface area contributed by atoms with Gasteiger partial charge in [-0.1, -0.05) is 0 Å². The Hall–Kier alpha value is -1.98. The van der Waals surface area contributed by atoms with Crippen LogP contribution in [0.1, 0.15) is 0 Å². The van der Waals surface area contributed by atoms with Gasteiger partial charge >= 0.3 is 0 Å². The molecule has 10 heteroatoms. The molecule has 1 atom stereocenters. The van der Waals surface area contributed by atoms with E-state index in [9.17, 15) is 10.1 Å². The first-order valence-corrected chi connectivity index (χ1v) is 8.76. The topological polar surface area (TPSA) is 125 Å². The molecule has 0 spiro atoms. The van der Waals surface area contributed by atoms with Gasteiger partial charge in [-0.15, -0.1) is 0 Å². The molecule has 27 heavy (non-hydrogen) atoms. The fraction of sp³-hybridized carbons (Fsp3) is 0.647. The Labute approximate surface area is 157 Å². The molecule has 1 saturated heterocycles. The van der Waals surface area contributed by atoms with Gasteiger partial charge < -0.3 is 34.2 Å². The summed E-state index contributed by atoms with van der Waals surface area (Å²) in [4.78, 5) is 10.4. The quantitative estimate of drug-likeness (QED) is 0.459. The minimum absolute atomic E-state index is 0.0915. The molecule has 0 aromatic heterocycles. The molecule has 0 aliphatic carbocycles. The Morgan fingerprint density at radius 1 is 1.00 bits per heavy atom. The number of nitro benzene ring substituents is 1. The number of hydrogen-bond donors (Lipinski definition) is 1. The van der Waals surface area contributed by atoms with Crippen molar-refractivity contribution in [2.24, 2.45) is 0 Å². The first-order chi connectivity index (χ1) is 13.2. The van der Waals surface area contributed by atoms with Gasteiger partial charge in [0.15, 0.2) is 0 Å². The first-order valence-electron chi connectivity index (χ1n) is 8.76. The number of nitro groups is 1. The highest BCUT2D eigenvalue weighted by molar-refractivity contribution is 5.57. The van der Waals surface area contributed by atoms with Crippen molar-refractivity contribution in [3.05, 3.63) is 28.3 Å². The van der Waals surface area contributed by atoms with E-state index in [0.717, 1.165) is 0 Å². The molecule has 1 aromatic carbocycles. The Morgan fingerprint density at radius 3 is 2.22 bits per heavy atom. The number of non-ortho nitro benzene ring substituents is 1. The smallest absolute Gasteiger partial charge is 0.273 e. The fourth-order valence-electron chi connectivity index (χ4n) is 2.24. The van der Waals surface area contributed by atoms with Gasteiger partial charge in [0, 0.05) is 6.07 Å². The van der Waals surface area contributed by atoms with Gasteiger partial charge in [-0.2, -0.15) is 0 Å². The van der Waals surface area contributed by atoms with E-state index in [1.165, 1.54) is 18.2 Å². The van der Waals surface area contributed by atoms with Crippen molar-refractivity contribution in [3.63, 3.8) is 0 Å². The number of nitrogens with zero attached hydrogens (tertiary/aromatic N) is 1. The lowest BCUT2D eigenvalue weighted by Gasteiger charge is -2.19. The maximum absolute atomic E-state index is 10.9. The second-order valence-electron chi connectivity index (χ2n) is 5.70. The third kappa shape index (κ3) is 8.50. The van der Waals surface area contributed by atoms with Crippen LogP contribution in [0, 0.1) is 10.1 Å². The van der Waals surface area contributed by atoms with Crippen molar-refractivity contribution in [1.29, 1.82) is 0 Å². The summed E-state index contributed by atoms with van der Waals surface area (Å²) >= 11 is 0. The zero-order valence-electron chi connectivity index (χ0n) is 15.2. The summed E-state index contributed by atoms with van der Waals surface area (Å²) in [6, 6.07) is 4.06. The van der Waals surface area contributed by atoms with E-state index in [1.807, 2.05) is 0 Å². The Bertz CT molecular complexity index is 556. The molecular weight excluding hydrogens is 360 g/mol. The molecule has 2 N–H and O–H groups in total. The van der Waals surface area contributed by atoms with Crippen LogP contribution < -0.4 is 10.5 Å². The lowest BCUT2D eigenvalue weighted by atomic mass is 10.2. The Kier molecular flexibility index (Phi) is 9.80. The van der Waals surface area contributed by atoms with Crippen LogP contribution >= 0.6 is 0 Å². The molecule has 1 unspecified atom stereocenters. The highest BCUT2D eigenvalue weighted by Gasteiger charge is 2.15. The molecule has 2 rings (SSSR count). The minimum Gasteiger partial charge on any atom is -0.488 e. The SMILES string of the molecule is Nc1ccc([N+](=O)[O-])cc1OCC1COCCOCCOCCOCCO1. The lowest BCUT2D eigenvalue weighted by molar-refractivity contribution is -0.384. The third-order valence-corrected chi connectivity index (χ3v) is 3.63. The second-order valence-corrected chi connectivity index (χ2v) is 5.70. The summed E-state index contributed by atoms with van der Waals surface area (Å²) in [5.41, 5.74) is 6.05. The van der Waals surface area contributed by atoms with Gasteiger partial charge in [-0.05, 0) is 6.07 Å². The van der Waals surface area contributed by atoms with Gasteiger partial charge in [0.05, 0.1) is 76.1 Å². The molecule has 0 radical (unpaired) electrons. The van der Waals surface area contributed by atoms with Crippen LogP contribution in [-0.2, 0) is 23.7 Å².